The molecule has 7 rings (SSSR count). The van der Waals surface area contributed by atoms with E-state index in [0.717, 1.165) is 56.2 Å². The zero-order chi connectivity index (χ0) is 28.7. The number of aromatic nitrogens is 4. The Balaban J connectivity index is 1.04. The van der Waals surface area contributed by atoms with Gasteiger partial charge >= 0.3 is 0 Å². The number of hydrogen-bond acceptors (Lipinski definition) is 8. The van der Waals surface area contributed by atoms with Gasteiger partial charge in [0.05, 0.1) is 37.2 Å². The summed E-state index contributed by atoms with van der Waals surface area (Å²) >= 11 is 0. The van der Waals surface area contributed by atoms with E-state index in [4.69, 9.17) is 4.74 Å². The first-order valence-electron chi connectivity index (χ1n) is 14.7. The molecule has 42 heavy (non-hydrogen) atoms. The van der Waals surface area contributed by atoms with Crippen LogP contribution in [0.1, 0.15) is 25.7 Å². The molecule has 2 N–H and O–H groups in total. The van der Waals surface area contributed by atoms with Gasteiger partial charge in [-0.05, 0) is 68.1 Å². The second-order valence-corrected chi connectivity index (χ2v) is 11.6. The van der Waals surface area contributed by atoms with E-state index in [1.54, 1.807) is 4.68 Å². The van der Waals surface area contributed by atoms with E-state index in [1.807, 2.05) is 41.3 Å². The van der Waals surface area contributed by atoms with Crippen molar-refractivity contribution in [2.24, 2.45) is 5.92 Å². The van der Waals surface area contributed by atoms with Crippen LogP contribution in [0.3, 0.4) is 0 Å². The van der Waals surface area contributed by atoms with E-state index in [9.17, 15) is 14.7 Å². The number of rotatable bonds is 7. The Bertz CT molecular complexity index is 1650. The van der Waals surface area contributed by atoms with Crippen molar-refractivity contribution in [2.45, 2.75) is 37.8 Å². The number of hydrogen-bond donors (Lipinski definition) is 2. The number of aliphatic hydroxyl groups is 1. The van der Waals surface area contributed by atoms with Crippen LogP contribution in [0.25, 0.3) is 16.7 Å². The molecule has 1 amide bonds. The summed E-state index contributed by atoms with van der Waals surface area (Å²) in [5.74, 6) is 0.374. The van der Waals surface area contributed by atoms with Crippen LogP contribution in [0, 0.1) is 5.92 Å². The summed E-state index contributed by atoms with van der Waals surface area (Å²) in [5, 5.41) is 19.5. The fourth-order valence-corrected chi connectivity index (χ4v) is 5.91. The minimum atomic E-state index is -1.06. The highest BCUT2D eigenvalue weighted by Crippen LogP contribution is 2.33. The Labute approximate surface area is 243 Å². The second-order valence-electron chi connectivity index (χ2n) is 11.6. The van der Waals surface area contributed by atoms with E-state index in [1.165, 1.54) is 22.8 Å². The van der Waals surface area contributed by atoms with Crippen molar-refractivity contribution in [1.29, 1.82) is 0 Å². The Hall–Kier alpha value is -4.22. The molecule has 1 saturated carbocycles. The van der Waals surface area contributed by atoms with E-state index < -0.39 is 5.60 Å². The highest BCUT2D eigenvalue weighted by Gasteiger charge is 2.39. The summed E-state index contributed by atoms with van der Waals surface area (Å²) in [6.07, 6.45) is 5.84. The molecule has 3 aliphatic rings. The monoisotopic (exact) mass is 569 g/mol. The summed E-state index contributed by atoms with van der Waals surface area (Å²) < 4.78 is 8.59. The molecule has 2 aromatic carbocycles. The first-order chi connectivity index (χ1) is 20.5. The lowest BCUT2D eigenvalue weighted by atomic mass is 9.91. The van der Waals surface area contributed by atoms with Gasteiger partial charge in [0.25, 0.3) is 5.56 Å². The van der Waals surface area contributed by atoms with E-state index >= 15 is 0 Å². The minimum absolute atomic E-state index is 0.137. The van der Waals surface area contributed by atoms with Crippen LogP contribution >= 0.6 is 0 Å². The van der Waals surface area contributed by atoms with Crippen LogP contribution in [0.15, 0.2) is 65.8 Å². The van der Waals surface area contributed by atoms with Gasteiger partial charge in [-0.3, -0.25) is 14.2 Å². The molecule has 0 bridgehead atoms. The quantitative estimate of drug-likeness (QED) is 0.349. The van der Waals surface area contributed by atoms with Gasteiger partial charge in [-0.2, -0.15) is 5.10 Å². The molecule has 0 spiro atoms. The molecule has 2 saturated heterocycles. The topological polar surface area (TPSA) is 118 Å². The lowest BCUT2D eigenvalue weighted by molar-refractivity contribution is -0.137. The number of anilines is 3. The fraction of sp³-hybridized carbons (Fsp3) is 0.419. The molecule has 0 unspecified atom stereocenters. The van der Waals surface area contributed by atoms with Crippen LogP contribution in [0.2, 0.25) is 0 Å². The van der Waals surface area contributed by atoms with Crippen molar-refractivity contribution in [3.63, 3.8) is 0 Å². The van der Waals surface area contributed by atoms with Crippen molar-refractivity contribution >= 4 is 34.0 Å². The lowest BCUT2D eigenvalue weighted by Crippen LogP contribution is -2.50. The second kappa shape index (κ2) is 10.9. The van der Waals surface area contributed by atoms with Gasteiger partial charge in [0, 0.05) is 49.2 Å². The molecule has 0 radical (unpaired) electrons. The normalized spacial score (nSPS) is 18.8. The van der Waals surface area contributed by atoms with Gasteiger partial charge in [-0.15, -0.1) is 0 Å². The third kappa shape index (κ3) is 5.37. The highest BCUT2D eigenvalue weighted by atomic mass is 16.5. The van der Waals surface area contributed by atoms with Gasteiger partial charge in [0.2, 0.25) is 5.91 Å². The number of carbonyl (C=O) groups is 1. The van der Waals surface area contributed by atoms with E-state index in [0.29, 0.717) is 37.0 Å². The van der Waals surface area contributed by atoms with Crippen LogP contribution < -0.4 is 15.8 Å². The molecular formula is C31H35N7O4. The average molecular weight is 570 g/mol. The molecule has 4 heterocycles. The lowest BCUT2D eigenvalue weighted by Gasteiger charge is -2.38. The number of nitrogens with zero attached hydrogens (tertiary/aromatic N) is 6. The predicted molar refractivity (Wildman–Crippen MR) is 159 cm³/mol. The third-order valence-electron chi connectivity index (χ3n) is 8.57. The summed E-state index contributed by atoms with van der Waals surface area (Å²) in [6, 6.07) is 16.2. The smallest absolute Gasteiger partial charge is 0.264 e. The first kappa shape index (κ1) is 26.7. The Morgan fingerprint density at radius 2 is 1.76 bits per heavy atom. The highest BCUT2D eigenvalue weighted by molar-refractivity contribution is 5.81. The van der Waals surface area contributed by atoms with Gasteiger partial charge in [-0.25, -0.2) is 9.67 Å². The summed E-state index contributed by atoms with van der Waals surface area (Å²) in [5.41, 5.74) is 3.05. The maximum Gasteiger partial charge on any atom is 0.264 e. The number of morpholine rings is 1. The standard InChI is InChI=1S/C31H35N7O4/c39-29(22-4-5-22)36-12-10-31(41,11-13-36)20-37-21-32-28-27(30(37)40)19-33-38(28)25-8-6-23(7-9-25)34-24-2-1-3-26(18-24)35-14-16-42-17-15-35/h1-3,6-9,18-19,21-22,34,41H,4-5,10-17,20H2. The van der Waals surface area contributed by atoms with Gasteiger partial charge in [0.1, 0.15) is 11.7 Å². The summed E-state index contributed by atoms with van der Waals surface area (Å²) in [6.45, 7) is 4.42. The maximum atomic E-state index is 13.3. The SMILES string of the molecule is O=C(C1CC1)N1CCC(O)(Cn2cnc3c(cnn3-c3ccc(Nc4cccc(N5CCOCC5)c4)cc3)c2=O)CC1. The minimum Gasteiger partial charge on any atom is -0.388 e. The molecule has 11 nitrogen and oxygen atoms in total. The Morgan fingerprint density at radius 3 is 2.50 bits per heavy atom. The molecule has 4 aromatic rings. The number of fused-ring (bicyclic) bond motifs is 1. The van der Waals surface area contributed by atoms with Gasteiger partial charge in [0.15, 0.2) is 5.65 Å². The van der Waals surface area contributed by atoms with Crippen LogP contribution in [0.5, 0.6) is 0 Å². The van der Waals surface area contributed by atoms with Crippen molar-refractivity contribution < 1.29 is 14.6 Å². The van der Waals surface area contributed by atoms with Crippen LogP contribution in [-0.4, -0.2) is 80.2 Å². The molecule has 0 atom stereocenters. The third-order valence-corrected chi connectivity index (χ3v) is 8.57. The Morgan fingerprint density at radius 1 is 1.00 bits per heavy atom. The van der Waals surface area contributed by atoms with Crippen LogP contribution in [0.4, 0.5) is 17.1 Å². The average Bonchev–Trinajstić information content (AvgIpc) is 3.78. The molecular weight excluding hydrogens is 534 g/mol. The van der Waals surface area contributed by atoms with Crippen molar-refractivity contribution in [2.75, 3.05) is 49.6 Å². The fourth-order valence-electron chi connectivity index (χ4n) is 5.91. The number of ether oxygens (including phenoxy) is 1. The number of piperidine rings is 1. The summed E-state index contributed by atoms with van der Waals surface area (Å²) in [4.78, 5) is 34.4. The Kier molecular flexibility index (Phi) is 6.91. The van der Waals surface area contributed by atoms with Crippen molar-refractivity contribution in [1.82, 2.24) is 24.2 Å². The van der Waals surface area contributed by atoms with Crippen molar-refractivity contribution in [3.05, 3.63) is 71.4 Å². The van der Waals surface area contributed by atoms with Gasteiger partial charge in [-0.1, -0.05) is 6.07 Å². The summed E-state index contributed by atoms with van der Waals surface area (Å²) in [7, 11) is 0. The zero-order valence-corrected chi connectivity index (χ0v) is 23.5. The van der Waals surface area contributed by atoms with Gasteiger partial charge < -0.3 is 25.0 Å². The maximum absolute atomic E-state index is 13.3. The largest absolute Gasteiger partial charge is 0.388 e. The van der Waals surface area contributed by atoms with Crippen molar-refractivity contribution in [3.8, 4) is 5.69 Å². The molecule has 2 aliphatic heterocycles. The van der Waals surface area contributed by atoms with E-state index in [-0.39, 0.29) is 23.9 Å². The van der Waals surface area contributed by atoms with Crippen LogP contribution in [-0.2, 0) is 16.1 Å². The molecule has 3 fully saturated rings. The molecule has 11 heteroatoms. The number of nitrogens with one attached hydrogen (secondary N) is 1. The number of carbonyl (C=O) groups excluding carboxylic acids is 1. The number of amides is 1. The molecule has 2 aromatic heterocycles. The van der Waals surface area contributed by atoms with E-state index in [2.05, 4.69) is 32.4 Å². The molecule has 218 valence electrons. The number of benzene rings is 2. The zero-order valence-electron chi connectivity index (χ0n) is 23.5. The number of likely N-dealkylation sites (tertiary alicyclic amines) is 1. The molecule has 1 aliphatic carbocycles. The first-order valence-corrected chi connectivity index (χ1v) is 14.7. The predicted octanol–water partition coefficient (Wildman–Crippen LogP) is 2.93.